The second-order valence-corrected chi connectivity index (χ2v) is 6.41. The van der Waals surface area contributed by atoms with Crippen LogP contribution in [0.15, 0.2) is 29.6 Å². The second-order valence-electron chi connectivity index (χ2n) is 5.55. The van der Waals surface area contributed by atoms with Crippen molar-refractivity contribution in [2.24, 2.45) is 5.92 Å². The fourth-order valence-corrected chi connectivity index (χ4v) is 2.98. The number of carboxylic acid groups (broad SMARTS) is 1. The largest absolute Gasteiger partial charge is 0.480 e. The molecule has 0 bridgehead atoms. The van der Waals surface area contributed by atoms with Gasteiger partial charge in [-0.05, 0) is 25.0 Å². The van der Waals surface area contributed by atoms with Crippen LogP contribution in [0, 0.1) is 12.8 Å². The van der Waals surface area contributed by atoms with Crippen LogP contribution >= 0.6 is 11.3 Å². The molecule has 2 aromatic rings. The highest BCUT2D eigenvalue weighted by atomic mass is 32.1. The molecule has 1 aromatic heterocycles. The Kier molecular flexibility index (Phi) is 5.50. The van der Waals surface area contributed by atoms with Gasteiger partial charge in [-0.2, -0.15) is 0 Å². The molecule has 1 aromatic carbocycles. The van der Waals surface area contributed by atoms with Crippen LogP contribution in [-0.4, -0.2) is 28.0 Å². The van der Waals surface area contributed by atoms with E-state index in [0.29, 0.717) is 12.0 Å². The van der Waals surface area contributed by atoms with Gasteiger partial charge in [0.25, 0.3) is 5.91 Å². The van der Waals surface area contributed by atoms with Crippen molar-refractivity contribution in [2.45, 2.75) is 33.2 Å². The molecule has 0 saturated carbocycles. The molecule has 1 amide bonds. The van der Waals surface area contributed by atoms with E-state index in [2.05, 4.69) is 10.3 Å². The number of carboxylic acids is 1. The molecule has 2 unspecified atom stereocenters. The van der Waals surface area contributed by atoms with Crippen LogP contribution in [0.4, 0.5) is 0 Å². The van der Waals surface area contributed by atoms with Crippen molar-refractivity contribution in [3.8, 4) is 10.6 Å². The summed E-state index contributed by atoms with van der Waals surface area (Å²) in [5, 5.41) is 14.7. The Bertz CT molecular complexity index is 711. The lowest BCUT2D eigenvalue weighted by Gasteiger charge is -2.20. The van der Waals surface area contributed by atoms with Crippen molar-refractivity contribution in [2.75, 3.05) is 0 Å². The molecule has 0 fully saturated rings. The SMILES string of the molecule is CCC(C)C(NC(=O)c1cccc(-c2nc(C)cs2)c1)C(=O)O. The van der Waals surface area contributed by atoms with Gasteiger partial charge in [0.05, 0.1) is 0 Å². The average Bonchev–Trinajstić information content (AvgIpc) is 2.98. The van der Waals surface area contributed by atoms with Gasteiger partial charge in [-0.25, -0.2) is 9.78 Å². The zero-order chi connectivity index (χ0) is 17.0. The minimum absolute atomic E-state index is 0.138. The van der Waals surface area contributed by atoms with E-state index >= 15 is 0 Å². The van der Waals surface area contributed by atoms with Crippen molar-refractivity contribution in [3.63, 3.8) is 0 Å². The lowest BCUT2D eigenvalue weighted by atomic mass is 9.99. The average molecular weight is 332 g/mol. The molecule has 122 valence electrons. The smallest absolute Gasteiger partial charge is 0.326 e. The number of hydrogen-bond acceptors (Lipinski definition) is 4. The fraction of sp³-hybridized carbons (Fsp3) is 0.353. The van der Waals surface area contributed by atoms with Crippen molar-refractivity contribution < 1.29 is 14.7 Å². The van der Waals surface area contributed by atoms with E-state index in [9.17, 15) is 14.7 Å². The highest BCUT2D eigenvalue weighted by molar-refractivity contribution is 7.13. The minimum Gasteiger partial charge on any atom is -0.480 e. The maximum Gasteiger partial charge on any atom is 0.326 e. The summed E-state index contributed by atoms with van der Waals surface area (Å²) in [6.07, 6.45) is 0.676. The first-order valence-electron chi connectivity index (χ1n) is 7.48. The van der Waals surface area contributed by atoms with Crippen LogP contribution in [0.5, 0.6) is 0 Å². The Labute approximate surface area is 139 Å². The third-order valence-electron chi connectivity index (χ3n) is 3.76. The van der Waals surface area contributed by atoms with Gasteiger partial charge in [0, 0.05) is 22.2 Å². The van der Waals surface area contributed by atoms with Gasteiger partial charge in [-0.15, -0.1) is 11.3 Å². The maximum absolute atomic E-state index is 12.4. The Balaban J connectivity index is 2.21. The van der Waals surface area contributed by atoms with Crippen molar-refractivity contribution in [1.82, 2.24) is 10.3 Å². The Morgan fingerprint density at radius 2 is 2.13 bits per heavy atom. The molecule has 0 aliphatic heterocycles. The standard InChI is InChI=1S/C17H20N2O3S/c1-4-10(2)14(17(21)22)19-15(20)12-6-5-7-13(8-12)16-18-11(3)9-23-16/h5-10,14H,4H2,1-3H3,(H,19,20)(H,21,22). The number of aromatic nitrogens is 1. The summed E-state index contributed by atoms with van der Waals surface area (Å²) in [7, 11) is 0. The number of carbonyl (C=O) groups excluding carboxylic acids is 1. The summed E-state index contributed by atoms with van der Waals surface area (Å²) < 4.78 is 0. The Morgan fingerprint density at radius 3 is 2.70 bits per heavy atom. The number of hydrogen-bond donors (Lipinski definition) is 2. The van der Waals surface area contributed by atoms with Gasteiger partial charge >= 0.3 is 5.97 Å². The summed E-state index contributed by atoms with van der Waals surface area (Å²) in [5.74, 6) is -1.53. The van der Waals surface area contributed by atoms with E-state index in [1.54, 1.807) is 18.2 Å². The molecule has 2 N–H and O–H groups in total. The van der Waals surface area contributed by atoms with Crippen LogP contribution in [0.25, 0.3) is 10.6 Å². The van der Waals surface area contributed by atoms with Crippen LogP contribution in [0.2, 0.25) is 0 Å². The minimum atomic E-state index is -1.01. The molecule has 0 aliphatic carbocycles. The molecule has 2 atom stereocenters. The molecular weight excluding hydrogens is 312 g/mol. The van der Waals surface area contributed by atoms with E-state index in [1.807, 2.05) is 32.2 Å². The fourth-order valence-electron chi connectivity index (χ4n) is 2.19. The van der Waals surface area contributed by atoms with Gasteiger partial charge in [0.15, 0.2) is 0 Å². The van der Waals surface area contributed by atoms with Crippen LogP contribution < -0.4 is 5.32 Å². The number of thiazole rings is 1. The molecule has 2 rings (SSSR count). The second kappa shape index (κ2) is 7.37. The van der Waals surface area contributed by atoms with E-state index < -0.39 is 12.0 Å². The molecular formula is C17H20N2O3S. The topological polar surface area (TPSA) is 79.3 Å². The number of aliphatic carboxylic acids is 1. The van der Waals surface area contributed by atoms with Gasteiger partial charge in [0.1, 0.15) is 11.0 Å². The highest BCUT2D eigenvalue weighted by Gasteiger charge is 2.25. The Morgan fingerprint density at radius 1 is 1.39 bits per heavy atom. The number of carbonyl (C=O) groups is 2. The normalized spacial score (nSPS) is 13.3. The van der Waals surface area contributed by atoms with Crippen LogP contribution in [0.1, 0.15) is 36.3 Å². The van der Waals surface area contributed by atoms with Crippen molar-refractivity contribution in [3.05, 3.63) is 40.9 Å². The van der Waals surface area contributed by atoms with Crippen LogP contribution in [0.3, 0.4) is 0 Å². The maximum atomic E-state index is 12.4. The number of rotatable bonds is 6. The molecule has 6 heteroatoms. The van der Waals surface area contributed by atoms with Crippen molar-refractivity contribution >= 4 is 23.2 Å². The first-order chi connectivity index (χ1) is 10.9. The first-order valence-corrected chi connectivity index (χ1v) is 8.36. The summed E-state index contributed by atoms with van der Waals surface area (Å²) in [6, 6.07) is 6.19. The lowest BCUT2D eigenvalue weighted by Crippen LogP contribution is -2.45. The molecule has 0 saturated heterocycles. The van der Waals surface area contributed by atoms with E-state index in [1.165, 1.54) is 11.3 Å². The Hall–Kier alpha value is -2.21. The lowest BCUT2D eigenvalue weighted by molar-refractivity contribution is -0.140. The predicted molar refractivity (Wildman–Crippen MR) is 90.6 cm³/mol. The zero-order valence-corrected chi connectivity index (χ0v) is 14.2. The monoisotopic (exact) mass is 332 g/mol. The van der Waals surface area contributed by atoms with E-state index in [-0.39, 0.29) is 11.8 Å². The number of benzene rings is 1. The summed E-state index contributed by atoms with van der Waals surface area (Å²) in [4.78, 5) is 28.1. The van der Waals surface area contributed by atoms with Gasteiger partial charge in [0.2, 0.25) is 0 Å². The van der Waals surface area contributed by atoms with Gasteiger partial charge in [-0.1, -0.05) is 32.4 Å². The summed E-state index contributed by atoms with van der Waals surface area (Å²) >= 11 is 1.51. The highest BCUT2D eigenvalue weighted by Crippen LogP contribution is 2.24. The number of nitrogens with one attached hydrogen (secondary N) is 1. The summed E-state index contributed by atoms with van der Waals surface area (Å²) in [5.41, 5.74) is 2.22. The van der Waals surface area contributed by atoms with E-state index in [0.717, 1.165) is 16.3 Å². The van der Waals surface area contributed by atoms with Crippen LogP contribution in [-0.2, 0) is 4.79 Å². The van der Waals surface area contributed by atoms with Gasteiger partial charge < -0.3 is 10.4 Å². The van der Waals surface area contributed by atoms with E-state index in [4.69, 9.17) is 0 Å². The zero-order valence-electron chi connectivity index (χ0n) is 13.4. The molecule has 0 aliphatic rings. The number of nitrogens with zero attached hydrogens (tertiary/aromatic N) is 1. The third kappa shape index (κ3) is 4.16. The van der Waals surface area contributed by atoms with Gasteiger partial charge in [-0.3, -0.25) is 4.79 Å². The number of aryl methyl sites for hydroxylation is 1. The molecule has 1 heterocycles. The quantitative estimate of drug-likeness (QED) is 0.850. The molecule has 5 nitrogen and oxygen atoms in total. The molecule has 0 spiro atoms. The third-order valence-corrected chi connectivity index (χ3v) is 4.77. The molecule has 0 radical (unpaired) electrons. The number of amides is 1. The van der Waals surface area contributed by atoms with Crippen molar-refractivity contribution in [1.29, 1.82) is 0 Å². The predicted octanol–water partition coefficient (Wildman–Crippen LogP) is 3.35. The first kappa shape index (κ1) is 17.1. The molecule has 23 heavy (non-hydrogen) atoms. The summed E-state index contributed by atoms with van der Waals surface area (Å²) in [6.45, 7) is 5.63.